The number of primary amides is 1. The van der Waals surface area contributed by atoms with Crippen LogP contribution < -0.4 is 10.5 Å². The van der Waals surface area contributed by atoms with E-state index >= 15 is 0 Å². The third-order valence-electron chi connectivity index (χ3n) is 2.73. The van der Waals surface area contributed by atoms with E-state index in [0.717, 1.165) is 16.7 Å². The fourth-order valence-corrected chi connectivity index (χ4v) is 2.59. The molecule has 1 fully saturated rings. The smallest absolute Gasteiger partial charge is 0.341 e. The highest BCUT2D eigenvalue weighted by Gasteiger charge is 2.35. The number of carbonyl (C=O) groups excluding carboxylic acids is 3. The predicted molar refractivity (Wildman–Crippen MR) is 81.4 cm³/mol. The molecule has 1 aromatic rings. The number of amides is 3. The molecule has 23 heavy (non-hydrogen) atoms. The third kappa shape index (κ3) is 4.33. The van der Waals surface area contributed by atoms with E-state index in [2.05, 4.69) is 0 Å². The highest BCUT2D eigenvalue weighted by atomic mass is 32.2. The van der Waals surface area contributed by atoms with Crippen molar-refractivity contribution in [2.75, 3.05) is 13.2 Å². The fourth-order valence-electron chi connectivity index (χ4n) is 1.75. The summed E-state index contributed by atoms with van der Waals surface area (Å²) in [4.78, 5) is 45.9. The fraction of sp³-hybridized carbons (Fsp3) is 0.143. The SMILES string of the molecule is NC(=O)CN1C(=O)S/C(=C\c2ccc(OCC(=O)O)cc2)C1=O. The molecule has 0 saturated carbocycles. The second-order valence-electron chi connectivity index (χ2n) is 4.49. The van der Waals surface area contributed by atoms with Gasteiger partial charge in [-0.15, -0.1) is 0 Å². The van der Waals surface area contributed by atoms with Crippen molar-refractivity contribution >= 4 is 40.9 Å². The van der Waals surface area contributed by atoms with Gasteiger partial charge in [0.25, 0.3) is 11.1 Å². The Morgan fingerprint density at radius 3 is 2.48 bits per heavy atom. The summed E-state index contributed by atoms with van der Waals surface area (Å²) < 4.78 is 4.99. The molecule has 9 heteroatoms. The van der Waals surface area contributed by atoms with Gasteiger partial charge in [0, 0.05) is 0 Å². The van der Waals surface area contributed by atoms with Gasteiger partial charge < -0.3 is 15.6 Å². The van der Waals surface area contributed by atoms with Gasteiger partial charge in [0.05, 0.1) is 4.91 Å². The summed E-state index contributed by atoms with van der Waals surface area (Å²) in [6, 6.07) is 6.31. The monoisotopic (exact) mass is 336 g/mol. The van der Waals surface area contributed by atoms with Crippen LogP contribution in [0.3, 0.4) is 0 Å². The summed E-state index contributed by atoms with van der Waals surface area (Å²) >= 11 is 0.719. The molecule has 1 heterocycles. The molecule has 3 N–H and O–H groups in total. The Balaban J connectivity index is 2.09. The molecule has 0 aliphatic carbocycles. The van der Waals surface area contributed by atoms with Crippen LogP contribution in [0.2, 0.25) is 0 Å². The van der Waals surface area contributed by atoms with Gasteiger partial charge in [-0.3, -0.25) is 19.3 Å². The van der Waals surface area contributed by atoms with Crippen molar-refractivity contribution in [3.05, 3.63) is 34.7 Å². The van der Waals surface area contributed by atoms with E-state index in [0.29, 0.717) is 11.3 Å². The van der Waals surface area contributed by atoms with E-state index in [4.69, 9.17) is 15.6 Å². The lowest BCUT2D eigenvalue weighted by Crippen LogP contribution is -2.36. The van der Waals surface area contributed by atoms with Crippen LogP contribution in [0.5, 0.6) is 5.75 Å². The van der Waals surface area contributed by atoms with E-state index in [1.165, 1.54) is 6.08 Å². The molecular formula is C14H12N2O6S. The van der Waals surface area contributed by atoms with Crippen LogP contribution in [-0.2, 0) is 14.4 Å². The molecule has 0 bridgehead atoms. The Morgan fingerprint density at radius 1 is 1.26 bits per heavy atom. The molecule has 1 aromatic carbocycles. The number of nitrogens with zero attached hydrogens (tertiary/aromatic N) is 1. The third-order valence-corrected chi connectivity index (χ3v) is 3.64. The minimum atomic E-state index is -1.09. The van der Waals surface area contributed by atoms with Gasteiger partial charge in [0.1, 0.15) is 12.3 Å². The number of nitrogens with two attached hydrogens (primary N) is 1. The molecule has 1 saturated heterocycles. The number of hydrogen-bond acceptors (Lipinski definition) is 6. The zero-order valence-electron chi connectivity index (χ0n) is 11.7. The van der Waals surface area contributed by atoms with Gasteiger partial charge >= 0.3 is 5.97 Å². The standard InChI is InChI=1S/C14H12N2O6S/c15-11(17)6-16-13(20)10(23-14(16)21)5-8-1-3-9(4-2-8)22-7-12(18)19/h1-5H,6-7H2,(H2,15,17)(H,18,19)/b10-5-. The molecule has 0 atom stereocenters. The lowest BCUT2D eigenvalue weighted by molar-refractivity contribution is -0.139. The van der Waals surface area contributed by atoms with Crippen LogP contribution >= 0.6 is 11.8 Å². The van der Waals surface area contributed by atoms with Gasteiger partial charge in [0.15, 0.2) is 6.61 Å². The molecule has 0 radical (unpaired) electrons. The van der Waals surface area contributed by atoms with Crippen LogP contribution in [-0.4, -0.2) is 46.2 Å². The minimum absolute atomic E-state index is 0.176. The number of aliphatic carboxylic acids is 1. The molecule has 0 unspecified atom stereocenters. The first kappa shape index (κ1) is 16.6. The van der Waals surface area contributed by atoms with Crippen molar-refractivity contribution in [2.24, 2.45) is 5.73 Å². The maximum Gasteiger partial charge on any atom is 0.341 e. The first-order valence-electron chi connectivity index (χ1n) is 6.35. The largest absolute Gasteiger partial charge is 0.482 e. The van der Waals surface area contributed by atoms with E-state index in [1.54, 1.807) is 24.3 Å². The van der Waals surface area contributed by atoms with Crippen LogP contribution in [0.15, 0.2) is 29.2 Å². The highest BCUT2D eigenvalue weighted by molar-refractivity contribution is 8.18. The molecule has 0 spiro atoms. The summed E-state index contributed by atoms with van der Waals surface area (Å²) in [5, 5.41) is 7.96. The number of benzene rings is 1. The van der Waals surface area contributed by atoms with Crippen molar-refractivity contribution in [3.63, 3.8) is 0 Å². The molecule has 0 aromatic heterocycles. The Hall–Kier alpha value is -2.81. The summed E-state index contributed by atoms with van der Waals surface area (Å²) in [5.41, 5.74) is 5.61. The van der Waals surface area contributed by atoms with Crippen LogP contribution in [0, 0.1) is 0 Å². The summed E-state index contributed by atoms with van der Waals surface area (Å²) in [5.74, 6) is -2.07. The molecule has 8 nitrogen and oxygen atoms in total. The van der Waals surface area contributed by atoms with Gasteiger partial charge in [-0.25, -0.2) is 4.79 Å². The molecule has 1 aliphatic rings. The van der Waals surface area contributed by atoms with Crippen molar-refractivity contribution in [1.82, 2.24) is 4.90 Å². The second-order valence-corrected chi connectivity index (χ2v) is 5.48. The number of hydrogen-bond donors (Lipinski definition) is 2. The van der Waals surface area contributed by atoms with E-state index in [9.17, 15) is 19.2 Å². The molecule has 120 valence electrons. The van der Waals surface area contributed by atoms with Crippen LogP contribution in [0.1, 0.15) is 5.56 Å². The number of thioether (sulfide) groups is 1. The number of carboxylic acids is 1. The lowest BCUT2D eigenvalue weighted by Gasteiger charge is -2.08. The maximum absolute atomic E-state index is 12.0. The summed E-state index contributed by atoms with van der Waals surface area (Å²) in [6.45, 7) is -0.907. The predicted octanol–water partition coefficient (Wildman–Crippen LogP) is 0.672. The van der Waals surface area contributed by atoms with Crippen LogP contribution in [0.25, 0.3) is 6.08 Å². The first-order chi connectivity index (χ1) is 10.9. The number of imide groups is 1. The first-order valence-corrected chi connectivity index (χ1v) is 7.17. The van der Waals surface area contributed by atoms with Crippen molar-refractivity contribution in [2.45, 2.75) is 0 Å². The summed E-state index contributed by atoms with van der Waals surface area (Å²) in [6.07, 6.45) is 1.49. The van der Waals surface area contributed by atoms with Gasteiger partial charge in [0.2, 0.25) is 5.91 Å². The Morgan fingerprint density at radius 2 is 1.91 bits per heavy atom. The van der Waals surface area contributed by atoms with Gasteiger partial charge in [-0.05, 0) is 35.5 Å². The average molecular weight is 336 g/mol. The normalized spacial score (nSPS) is 16.0. The Bertz CT molecular complexity index is 698. The van der Waals surface area contributed by atoms with Crippen molar-refractivity contribution in [1.29, 1.82) is 0 Å². The van der Waals surface area contributed by atoms with Gasteiger partial charge in [-0.1, -0.05) is 12.1 Å². The van der Waals surface area contributed by atoms with Crippen LogP contribution in [0.4, 0.5) is 4.79 Å². The van der Waals surface area contributed by atoms with Gasteiger partial charge in [-0.2, -0.15) is 0 Å². The minimum Gasteiger partial charge on any atom is -0.482 e. The second kappa shape index (κ2) is 6.97. The maximum atomic E-state index is 12.0. The lowest BCUT2D eigenvalue weighted by atomic mass is 10.2. The number of carboxylic acid groups (broad SMARTS) is 1. The molecule has 3 amide bonds. The zero-order valence-corrected chi connectivity index (χ0v) is 12.5. The van der Waals surface area contributed by atoms with E-state index in [1.807, 2.05) is 0 Å². The highest BCUT2D eigenvalue weighted by Crippen LogP contribution is 2.32. The quantitative estimate of drug-likeness (QED) is 0.731. The molecular weight excluding hydrogens is 324 g/mol. The molecule has 1 aliphatic heterocycles. The Kier molecular flexibility index (Phi) is 5.02. The average Bonchev–Trinajstić information content (AvgIpc) is 2.74. The van der Waals surface area contributed by atoms with E-state index in [-0.39, 0.29) is 4.91 Å². The topological polar surface area (TPSA) is 127 Å². The number of rotatable bonds is 6. The van der Waals surface area contributed by atoms with Crippen molar-refractivity contribution in [3.8, 4) is 5.75 Å². The zero-order chi connectivity index (χ0) is 17.0. The van der Waals surface area contributed by atoms with E-state index < -0.39 is 36.2 Å². The van der Waals surface area contributed by atoms with Crippen molar-refractivity contribution < 1.29 is 29.0 Å². The molecule has 2 rings (SSSR count). The summed E-state index contributed by atoms with van der Waals surface area (Å²) in [7, 11) is 0. The Labute approximate surface area is 134 Å². The number of carbonyl (C=O) groups is 4. The number of ether oxygens (including phenoxy) is 1.